The molecule has 1 atom stereocenters. The molecule has 0 fully saturated rings. The molecule has 0 saturated carbocycles. The molecular formula is C14H22N2O2. The zero-order valence-electron chi connectivity index (χ0n) is 11.1. The fourth-order valence-electron chi connectivity index (χ4n) is 1.72. The summed E-state index contributed by atoms with van der Waals surface area (Å²) in [4.78, 5) is 11.1. The van der Waals surface area contributed by atoms with Crippen molar-refractivity contribution in [1.29, 1.82) is 0 Å². The van der Waals surface area contributed by atoms with E-state index in [4.69, 9.17) is 10.6 Å². The molecule has 1 aromatic rings. The Hall–Kier alpha value is -1.39. The molecule has 0 aliphatic heterocycles. The van der Waals surface area contributed by atoms with Crippen molar-refractivity contribution in [2.75, 3.05) is 0 Å². The summed E-state index contributed by atoms with van der Waals surface area (Å²) in [6.45, 7) is 4.85. The fraction of sp³-hybridized carbons (Fsp3) is 0.500. The van der Waals surface area contributed by atoms with E-state index in [0.717, 1.165) is 24.0 Å². The molecule has 0 spiro atoms. The summed E-state index contributed by atoms with van der Waals surface area (Å²) >= 11 is 0. The van der Waals surface area contributed by atoms with Crippen molar-refractivity contribution in [1.82, 2.24) is 5.43 Å². The summed E-state index contributed by atoms with van der Waals surface area (Å²) in [6.07, 6.45) is 2.81. The van der Waals surface area contributed by atoms with Crippen LogP contribution in [0.3, 0.4) is 0 Å². The van der Waals surface area contributed by atoms with Crippen LogP contribution in [0, 0.1) is 0 Å². The number of amides is 1. The lowest BCUT2D eigenvalue weighted by molar-refractivity contribution is -0.120. The predicted octanol–water partition coefficient (Wildman–Crippen LogP) is 1.92. The summed E-state index contributed by atoms with van der Waals surface area (Å²) in [5.74, 6) is 4.86. The highest BCUT2D eigenvalue weighted by molar-refractivity contribution is 5.77. The zero-order chi connectivity index (χ0) is 13.4. The Kier molecular flexibility index (Phi) is 6.39. The Morgan fingerprint density at radius 1 is 1.33 bits per heavy atom. The van der Waals surface area contributed by atoms with Crippen LogP contribution in [0.25, 0.3) is 0 Å². The summed E-state index contributed by atoms with van der Waals surface area (Å²) in [5, 5.41) is 0. The second kappa shape index (κ2) is 7.84. The number of hydrogen-bond donors (Lipinski definition) is 2. The molecule has 0 saturated heterocycles. The first-order valence-corrected chi connectivity index (χ1v) is 6.34. The molecule has 1 aromatic carbocycles. The lowest BCUT2D eigenvalue weighted by Crippen LogP contribution is -2.31. The lowest BCUT2D eigenvalue weighted by atomic mass is 10.1. The van der Waals surface area contributed by atoms with Gasteiger partial charge in [0.1, 0.15) is 0 Å². The number of nitrogens with one attached hydrogen (secondary N) is 1. The van der Waals surface area contributed by atoms with Crippen LogP contribution >= 0.6 is 0 Å². The van der Waals surface area contributed by atoms with Crippen LogP contribution in [-0.4, -0.2) is 12.0 Å². The van der Waals surface area contributed by atoms with Gasteiger partial charge in [-0.25, -0.2) is 5.84 Å². The van der Waals surface area contributed by atoms with Crippen LogP contribution in [0.1, 0.15) is 37.8 Å². The molecule has 0 radical (unpaired) electrons. The molecule has 1 unspecified atom stereocenters. The first-order chi connectivity index (χ1) is 8.65. The Bertz CT molecular complexity index is 363. The van der Waals surface area contributed by atoms with Gasteiger partial charge in [-0.1, -0.05) is 37.6 Å². The van der Waals surface area contributed by atoms with Crippen molar-refractivity contribution in [2.24, 2.45) is 5.84 Å². The molecule has 0 aromatic heterocycles. The largest absolute Gasteiger partial charge is 0.374 e. The summed E-state index contributed by atoms with van der Waals surface area (Å²) in [5.41, 5.74) is 4.19. The lowest BCUT2D eigenvalue weighted by Gasteiger charge is -2.12. The van der Waals surface area contributed by atoms with E-state index in [-0.39, 0.29) is 12.0 Å². The van der Waals surface area contributed by atoms with E-state index in [1.54, 1.807) is 0 Å². The normalized spacial score (nSPS) is 12.2. The van der Waals surface area contributed by atoms with Crippen molar-refractivity contribution < 1.29 is 9.53 Å². The average molecular weight is 250 g/mol. The van der Waals surface area contributed by atoms with Crippen LogP contribution in [0.5, 0.6) is 0 Å². The van der Waals surface area contributed by atoms with Gasteiger partial charge in [0, 0.05) is 0 Å². The van der Waals surface area contributed by atoms with E-state index in [0.29, 0.717) is 13.0 Å². The number of carbonyl (C=O) groups excluding carboxylic acids is 1. The van der Waals surface area contributed by atoms with Gasteiger partial charge in [-0.3, -0.25) is 10.2 Å². The smallest absolute Gasteiger partial charge is 0.238 e. The molecule has 4 heteroatoms. The van der Waals surface area contributed by atoms with Crippen molar-refractivity contribution >= 4 is 5.91 Å². The quantitative estimate of drug-likeness (QED) is 0.441. The Labute approximate surface area is 108 Å². The second-order valence-corrected chi connectivity index (χ2v) is 4.47. The van der Waals surface area contributed by atoms with Gasteiger partial charge in [-0.15, -0.1) is 0 Å². The van der Waals surface area contributed by atoms with Crippen LogP contribution in [0.15, 0.2) is 24.3 Å². The van der Waals surface area contributed by atoms with Crippen LogP contribution in [0.4, 0.5) is 0 Å². The Balaban J connectivity index is 2.42. The van der Waals surface area contributed by atoms with Crippen molar-refractivity contribution in [2.45, 2.75) is 45.8 Å². The monoisotopic (exact) mass is 250 g/mol. The van der Waals surface area contributed by atoms with Gasteiger partial charge in [0.05, 0.1) is 19.1 Å². The molecule has 18 heavy (non-hydrogen) atoms. The highest BCUT2D eigenvalue weighted by Crippen LogP contribution is 2.09. The minimum Gasteiger partial charge on any atom is -0.374 e. The zero-order valence-corrected chi connectivity index (χ0v) is 11.1. The number of carbonyl (C=O) groups is 1. The van der Waals surface area contributed by atoms with Crippen LogP contribution < -0.4 is 11.3 Å². The third-order valence-electron chi connectivity index (χ3n) is 2.78. The molecule has 1 amide bonds. The average Bonchev–Trinajstić information content (AvgIpc) is 2.38. The number of hydrogen-bond acceptors (Lipinski definition) is 3. The molecule has 0 aliphatic rings. The fourth-order valence-corrected chi connectivity index (χ4v) is 1.72. The molecule has 4 nitrogen and oxygen atoms in total. The predicted molar refractivity (Wildman–Crippen MR) is 71.6 cm³/mol. The molecule has 100 valence electrons. The minimum atomic E-state index is -0.185. The number of benzene rings is 1. The molecule has 0 aliphatic carbocycles. The number of rotatable bonds is 7. The van der Waals surface area contributed by atoms with Crippen molar-refractivity contribution in [3.63, 3.8) is 0 Å². The van der Waals surface area contributed by atoms with E-state index in [9.17, 15) is 4.79 Å². The number of nitrogens with two attached hydrogens (primary N) is 1. The van der Waals surface area contributed by atoms with E-state index in [1.165, 1.54) is 0 Å². The maximum atomic E-state index is 11.1. The van der Waals surface area contributed by atoms with Crippen LogP contribution in [-0.2, 0) is 22.6 Å². The summed E-state index contributed by atoms with van der Waals surface area (Å²) < 4.78 is 5.71. The third-order valence-corrected chi connectivity index (χ3v) is 2.78. The first-order valence-electron chi connectivity index (χ1n) is 6.34. The molecule has 0 heterocycles. The van der Waals surface area contributed by atoms with Gasteiger partial charge in [-0.05, 0) is 24.5 Å². The van der Waals surface area contributed by atoms with Gasteiger partial charge in [-0.2, -0.15) is 0 Å². The second-order valence-electron chi connectivity index (χ2n) is 4.47. The first kappa shape index (κ1) is 14.7. The number of ether oxygens (including phenoxy) is 1. The highest BCUT2D eigenvalue weighted by Gasteiger charge is 2.03. The van der Waals surface area contributed by atoms with E-state index in [1.807, 2.05) is 24.3 Å². The van der Waals surface area contributed by atoms with E-state index >= 15 is 0 Å². The topological polar surface area (TPSA) is 64.3 Å². The molecule has 0 bridgehead atoms. The van der Waals surface area contributed by atoms with Gasteiger partial charge >= 0.3 is 0 Å². The standard InChI is InChI=1S/C14H22N2O2/c1-3-4-11(2)18-10-13-7-5-12(6-8-13)9-14(17)16-15/h5-8,11H,3-4,9-10,15H2,1-2H3,(H,16,17). The van der Waals surface area contributed by atoms with E-state index < -0.39 is 0 Å². The van der Waals surface area contributed by atoms with Crippen molar-refractivity contribution in [3.8, 4) is 0 Å². The maximum Gasteiger partial charge on any atom is 0.238 e. The number of hydrazine groups is 1. The van der Waals surface area contributed by atoms with Gasteiger partial charge < -0.3 is 4.74 Å². The maximum absolute atomic E-state index is 11.1. The van der Waals surface area contributed by atoms with E-state index in [2.05, 4.69) is 19.3 Å². The van der Waals surface area contributed by atoms with Gasteiger partial charge in [0.15, 0.2) is 0 Å². The summed E-state index contributed by atoms with van der Waals surface area (Å²) in [7, 11) is 0. The third kappa shape index (κ3) is 5.29. The van der Waals surface area contributed by atoms with Gasteiger partial charge in [0.2, 0.25) is 5.91 Å². The minimum absolute atomic E-state index is 0.185. The molecule has 1 rings (SSSR count). The van der Waals surface area contributed by atoms with Crippen molar-refractivity contribution in [3.05, 3.63) is 35.4 Å². The Morgan fingerprint density at radius 3 is 2.50 bits per heavy atom. The SMILES string of the molecule is CCCC(C)OCc1ccc(CC(=O)NN)cc1. The van der Waals surface area contributed by atoms with Crippen LogP contribution in [0.2, 0.25) is 0 Å². The Morgan fingerprint density at radius 2 is 1.94 bits per heavy atom. The summed E-state index contributed by atoms with van der Waals surface area (Å²) in [6, 6.07) is 7.83. The molecular weight excluding hydrogens is 228 g/mol. The molecule has 3 N–H and O–H groups in total. The highest BCUT2D eigenvalue weighted by atomic mass is 16.5. The van der Waals surface area contributed by atoms with Gasteiger partial charge in [0.25, 0.3) is 0 Å².